The maximum absolute atomic E-state index is 12.1. The van der Waals surface area contributed by atoms with E-state index in [2.05, 4.69) is 12.2 Å². The summed E-state index contributed by atoms with van der Waals surface area (Å²) >= 11 is 1.35. The minimum absolute atomic E-state index is 0.342. The van der Waals surface area contributed by atoms with Crippen LogP contribution in [0.4, 0.5) is 5.69 Å². The summed E-state index contributed by atoms with van der Waals surface area (Å²) in [5.74, 6) is -0.812. The zero-order chi connectivity index (χ0) is 16.1. The summed E-state index contributed by atoms with van der Waals surface area (Å²) in [7, 11) is 0. The molecule has 1 unspecified atom stereocenters. The molecular formula is C17H19NO3S. The van der Waals surface area contributed by atoms with E-state index in [9.17, 15) is 9.59 Å². The van der Waals surface area contributed by atoms with Crippen molar-refractivity contribution in [1.82, 2.24) is 0 Å². The number of carbonyl (C=O) groups is 2. The van der Waals surface area contributed by atoms with Gasteiger partial charge in [0.15, 0.2) is 6.10 Å². The van der Waals surface area contributed by atoms with Crippen molar-refractivity contribution in [1.29, 1.82) is 0 Å². The van der Waals surface area contributed by atoms with Crippen molar-refractivity contribution >= 4 is 28.9 Å². The fraction of sp³-hybridized carbons (Fsp3) is 0.294. The highest BCUT2D eigenvalue weighted by atomic mass is 32.1. The van der Waals surface area contributed by atoms with Crippen LogP contribution in [0.1, 0.15) is 34.0 Å². The first-order valence-electron chi connectivity index (χ1n) is 7.17. The Morgan fingerprint density at radius 1 is 1.18 bits per heavy atom. The number of rotatable bonds is 5. The third-order valence-corrected chi connectivity index (χ3v) is 4.21. The van der Waals surface area contributed by atoms with Crippen LogP contribution < -0.4 is 5.32 Å². The molecule has 0 radical (unpaired) electrons. The third kappa shape index (κ3) is 4.18. The van der Waals surface area contributed by atoms with E-state index < -0.39 is 12.1 Å². The van der Waals surface area contributed by atoms with E-state index in [1.54, 1.807) is 13.0 Å². The van der Waals surface area contributed by atoms with Crippen LogP contribution in [-0.4, -0.2) is 18.0 Å². The standard InChI is InChI=1S/C17H19NO3S/c1-4-13-6-8-14(9-7-13)18-16(19)12(3)21-17(20)15-10-5-11(2)22-15/h5-10,12H,4H2,1-3H3,(H,18,19). The van der Waals surface area contributed by atoms with E-state index in [0.717, 1.165) is 11.3 Å². The van der Waals surface area contributed by atoms with Gasteiger partial charge in [-0.2, -0.15) is 0 Å². The molecule has 0 bridgehead atoms. The lowest BCUT2D eigenvalue weighted by molar-refractivity contribution is -0.123. The van der Waals surface area contributed by atoms with Crippen LogP contribution in [0.3, 0.4) is 0 Å². The fourth-order valence-electron chi connectivity index (χ4n) is 1.88. The second-order valence-electron chi connectivity index (χ2n) is 5.00. The van der Waals surface area contributed by atoms with Gasteiger partial charge in [0.1, 0.15) is 4.88 Å². The maximum atomic E-state index is 12.1. The van der Waals surface area contributed by atoms with Crippen LogP contribution >= 0.6 is 11.3 Å². The zero-order valence-electron chi connectivity index (χ0n) is 12.9. The van der Waals surface area contributed by atoms with Gasteiger partial charge in [-0.3, -0.25) is 4.79 Å². The minimum atomic E-state index is -0.847. The molecular weight excluding hydrogens is 298 g/mol. The number of nitrogens with one attached hydrogen (secondary N) is 1. The van der Waals surface area contributed by atoms with Gasteiger partial charge in [-0.15, -0.1) is 11.3 Å². The molecule has 22 heavy (non-hydrogen) atoms. The third-order valence-electron chi connectivity index (χ3n) is 3.22. The SMILES string of the molecule is CCc1ccc(NC(=O)C(C)OC(=O)c2ccc(C)s2)cc1. The number of thiophene rings is 1. The van der Waals surface area contributed by atoms with Crippen LogP contribution in [-0.2, 0) is 16.0 Å². The molecule has 5 heteroatoms. The summed E-state index contributed by atoms with van der Waals surface area (Å²) in [4.78, 5) is 25.5. The summed E-state index contributed by atoms with van der Waals surface area (Å²) < 4.78 is 5.19. The molecule has 1 atom stereocenters. The van der Waals surface area contributed by atoms with Crippen LogP contribution in [0.5, 0.6) is 0 Å². The van der Waals surface area contributed by atoms with Crippen molar-refractivity contribution in [3.8, 4) is 0 Å². The first-order chi connectivity index (χ1) is 10.5. The summed E-state index contributed by atoms with van der Waals surface area (Å²) in [6.45, 7) is 5.55. The second kappa shape index (κ2) is 7.22. The molecule has 0 aliphatic rings. The average molecular weight is 317 g/mol. The van der Waals surface area contributed by atoms with Crippen molar-refractivity contribution in [3.63, 3.8) is 0 Å². The van der Waals surface area contributed by atoms with E-state index in [-0.39, 0.29) is 5.91 Å². The molecule has 1 aromatic heterocycles. The molecule has 0 fully saturated rings. The molecule has 0 spiro atoms. The quantitative estimate of drug-likeness (QED) is 0.853. The molecule has 1 aromatic carbocycles. The largest absolute Gasteiger partial charge is 0.448 e. The molecule has 1 N–H and O–H groups in total. The van der Waals surface area contributed by atoms with Crippen molar-refractivity contribution in [2.24, 2.45) is 0 Å². The number of ether oxygens (including phenoxy) is 1. The summed E-state index contributed by atoms with van der Waals surface area (Å²) in [5, 5.41) is 2.74. The van der Waals surface area contributed by atoms with E-state index in [4.69, 9.17) is 4.74 Å². The number of hydrogen-bond donors (Lipinski definition) is 1. The van der Waals surface area contributed by atoms with E-state index in [0.29, 0.717) is 10.6 Å². The van der Waals surface area contributed by atoms with Crippen LogP contribution in [0.25, 0.3) is 0 Å². The molecule has 0 aliphatic carbocycles. The smallest absolute Gasteiger partial charge is 0.349 e. The lowest BCUT2D eigenvalue weighted by Crippen LogP contribution is -2.29. The fourth-order valence-corrected chi connectivity index (χ4v) is 2.63. The van der Waals surface area contributed by atoms with Gasteiger partial charge in [0.2, 0.25) is 0 Å². The Morgan fingerprint density at radius 3 is 2.41 bits per heavy atom. The first-order valence-corrected chi connectivity index (χ1v) is 7.98. The van der Waals surface area contributed by atoms with Crippen LogP contribution in [0.15, 0.2) is 36.4 Å². The molecule has 1 heterocycles. The Hall–Kier alpha value is -2.14. The predicted molar refractivity (Wildman–Crippen MR) is 88.4 cm³/mol. The Labute approximate surface area is 134 Å². The van der Waals surface area contributed by atoms with Gasteiger partial charge in [0.25, 0.3) is 5.91 Å². The number of aryl methyl sites for hydroxylation is 2. The number of benzene rings is 1. The molecule has 0 aliphatic heterocycles. The Morgan fingerprint density at radius 2 is 1.86 bits per heavy atom. The lowest BCUT2D eigenvalue weighted by atomic mass is 10.1. The number of anilines is 1. The van der Waals surface area contributed by atoms with Crippen molar-refractivity contribution in [3.05, 3.63) is 51.7 Å². The number of carbonyl (C=O) groups excluding carboxylic acids is 2. The van der Waals surface area contributed by atoms with Crippen molar-refractivity contribution in [2.45, 2.75) is 33.3 Å². The topological polar surface area (TPSA) is 55.4 Å². The van der Waals surface area contributed by atoms with Gasteiger partial charge >= 0.3 is 5.97 Å². The number of hydrogen-bond acceptors (Lipinski definition) is 4. The summed E-state index contributed by atoms with van der Waals surface area (Å²) in [5.41, 5.74) is 1.89. The summed E-state index contributed by atoms with van der Waals surface area (Å²) in [6.07, 6.45) is 0.100. The first kappa shape index (κ1) is 16.2. The van der Waals surface area contributed by atoms with Crippen LogP contribution in [0, 0.1) is 6.92 Å². The minimum Gasteiger partial charge on any atom is -0.448 e. The molecule has 116 valence electrons. The maximum Gasteiger partial charge on any atom is 0.349 e. The highest BCUT2D eigenvalue weighted by Gasteiger charge is 2.19. The molecule has 1 amide bonds. The van der Waals surface area contributed by atoms with Gasteiger partial charge in [-0.1, -0.05) is 19.1 Å². The van der Waals surface area contributed by atoms with Gasteiger partial charge in [-0.05, 0) is 50.1 Å². The Bertz CT molecular complexity index is 661. The average Bonchev–Trinajstić information content (AvgIpc) is 2.94. The Kier molecular flexibility index (Phi) is 5.33. The van der Waals surface area contributed by atoms with Gasteiger partial charge in [0, 0.05) is 10.6 Å². The highest BCUT2D eigenvalue weighted by molar-refractivity contribution is 7.13. The highest BCUT2D eigenvalue weighted by Crippen LogP contribution is 2.17. The predicted octanol–water partition coefficient (Wildman–Crippen LogP) is 3.80. The van der Waals surface area contributed by atoms with E-state index >= 15 is 0 Å². The van der Waals surface area contributed by atoms with Crippen molar-refractivity contribution in [2.75, 3.05) is 5.32 Å². The van der Waals surface area contributed by atoms with Gasteiger partial charge in [0.05, 0.1) is 0 Å². The normalized spacial score (nSPS) is 11.8. The molecule has 2 aromatic rings. The summed E-state index contributed by atoms with van der Waals surface area (Å²) in [6, 6.07) is 11.2. The van der Waals surface area contributed by atoms with E-state index in [1.807, 2.05) is 37.3 Å². The van der Waals surface area contributed by atoms with Crippen LogP contribution in [0.2, 0.25) is 0 Å². The monoisotopic (exact) mass is 317 g/mol. The molecule has 2 rings (SSSR count). The number of amides is 1. The Balaban J connectivity index is 1.92. The molecule has 0 saturated carbocycles. The zero-order valence-corrected chi connectivity index (χ0v) is 13.7. The molecule has 4 nitrogen and oxygen atoms in total. The lowest BCUT2D eigenvalue weighted by Gasteiger charge is -2.13. The molecule has 0 saturated heterocycles. The van der Waals surface area contributed by atoms with Gasteiger partial charge in [-0.25, -0.2) is 4.79 Å². The van der Waals surface area contributed by atoms with Crippen molar-refractivity contribution < 1.29 is 14.3 Å². The van der Waals surface area contributed by atoms with Gasteiger partial charge < -0.3 is 10.1 Å². The van der Waals surface area contributed by atoms with E-state index in [1.165, 1.54) is 16.9 Å². The number of esters is 1. The second-order valence-corrected chi connectivity index (χ2v) is 6.29.